The van der Waals surface area contributed by atoms with Crippen LogP contribution in [0.15, 0.2) is 24.3 Å². The van der Waals surface area contributed by atoms with Crippen LogP contribution in [-0.4, -0.2) is 3.42 Å². The Morgan fingerprint density at radius 1 is 1.56 bits per heavy atom. The van der Waals surface area contributed by atoms with Gasteiger partial charge in [0.15, 0.2) is 0 Å². The highest BCUT2D eigenvalue weighted by Crippen LogP contribution is 2.26. The Bertz CT molecular complexity index is 195. The third-order valence-electron chi connectivity index (χ3n) is 1.26. The minimum Gasteiger partial charge on any atom is -0.118 e. The van der Waals surface area contributed by atoms with Crippen molar-refractivity contribution in [2.75, 3.05) is 0 Å². The zero-order chi connectivity index (χ0) is 6.74. The van der Waals surface area contributed by atoms with E-state index >= 15 is 0 Å². The Labute approximate surface area is 69.2 Å². The fourth-order valence-corrected chi connectivity index (χ4v) is 1.16. The van der Waals surface area contributed by atoms with Gasteiger partial charge in [0.1, 0.15) is 3.42 Å². The van der Waals surface area contributed by atoms with E-state index in [1.807, 2.05) is 18.2 Å². The molecular formula is C8H7I. The van der Waals surface area contributed by atoms with Crippen LogP contribution in [0, 0.1) is 12.3 Å². The van der Waals surface area contributed by atoms with Gasteiger partial charge in [-0.25, -0.2) is 0 Å². The average molecular weight is 230 g/mol. The quantitative estimate of drug-likeness (QED) is 0.340. The summed E-state index contributed by atoms with van der Waals surface area (Å²) < 4.78 is -0.0491. The van der Waals surface area contributed by atoms with Crippen molar-refractivity contribution in [1.82, 2.24) is 0 Å². The van der Waals surface area contributed by atoms with E-state index in [1.165, 1.54) is 0 Å². The number of hydrogen-bond acceptors (Lipinski definition) is 0. The molecule has 0 nitrogen and oxygen atoms in total. The van der Waals surface area contributed by atoms with Crippen LogP contribution in [0.5, 0.6) is 0 Å². The van der Waals surface area contributed by atoms with Crippen LogP contribution in [0.3, 0.4) is 0 Å². The van der Waals surface area contributed by atoms with Gasteiger partial charge in [-0.3, -0.25) is 0 Å². The molecule has 0 spiro atoms. The first-order valence-corrected chi connectivity index (χ1v) is 3.86. The molecule has 46 valence electrons. The van der Waals surface area contributed by atoms with Crippen molar-refractivity contribution < 1.29 is 0 Å². The second kappa shape index (κ2) is 2.57. The highest BCUT2D eigenvalue weighted by molar-refractivity contribution is 14.1. The molecule has 0 N–H and O–H groups in total. The van der Waals surface area contributed by atoms with Crippen LogP contribution in [0.1, 0.15) is 6.42 Å². The van der Waals surface area contributed by atoms with Gasteiger partial charge in [0, 0.05) is 0 Å². The van der Waals surface area contributed by atoms with Crippen LogP contribution in [0.4, 0.5) is 0 Å². The van der Waals surface area contributed by atoms with E-state index in [9.17, 15) is 0 Å². The predicted molar refractivity (Wildman–Crippen MR) is 48.5 cm³/mol. The number of halogens is 1. The summed E-state index contributed by atoms with van der Waals surface area (Å²) in [7, 11) is 0. The third-order valence-corrected chi connectivity index (χ3v) is 2.37. The van der Waals surface area contributed by atoms with Crippen LogP contribution >= 0.6 is 22.6 Å². The first kappa shape index (κ1) is 6.88. The first-order chi connectivity index (χ1) is 4.27. The van der Waals surface area contributed by atoms with Gasteiger partial charge in [-0.1, -0.05) is 52.8 Å². The molecule has 1 unspecified atom stereocenters. The zero-order valence-corrected chi connectivity index (χ0v) is 7.13. The van der Waals surface area contributed by atoms with Crippen LogP contribution in [-0.2, 0) is 0 Å². The van der Waals surface area contributed by atoms with Gasteiger partial charge < -0.3 is 0 Å². The standard InChI is InChI=1S/C8H7I/c1-2-8(9)6-4-3-5-7-8/h1,3-6H,7H2. The molecule has 0 saturated carbocycles. The molecule has 0 heterocycles. The van der Waals surface area contributed by atoms with Crippen molar-refractivity contribution >= 4 is 22.6 Å². The van der Waals surface area contributed by atoms with Gasteiger partial charge in [-0.05, 0) is 6.42 Å². The maximum Gasteiger partial charge on any atom is 0.104 e. The molecule has 0 aromatic rings. The lowest BCUT2D eigenvalue weighted by atomic mass is 10.0. The van der Waals surface area contributed by atoms with Crippen molar-refractivity contribution in [1.29, 1.82) is 0 Å². The third kappa shape index (κ3) is 1.59. The average Bonchev–Trinajstić information content (AvgIpc) is 1.90. The van der Waals surface area contributed by atoms with E-state index in [2.05, 4.69) is 34.6 Å². The van der Waals surface area contributed by atoms with Crippen molar-refractivity contribution in [3.05, 3.63) is 24.3 Å². The number of hydrogen-bond donors (Lipinski definition) is 0. The van der Waals surface area contributed by atoms with Gasteiger partial charge in [-0.2, -0.15) is 0 Å². The van der Waals surface area contributed by atoms with E-state index in [-0.39, 0.29) is 3.42 Å². The Kier molecular flexibility index (Phi) is 1.97. The molecule has 0 fully saturated rings. The summed E-state index contributed by atoms with van der Waals surface area (Å²) in [6.45, 7) is 0. The molecule has 1 aliphatic carbocycles. The van der Waals surface area contributed by atoms with Gasteiger partial charge in [0.25, 0.3) is 0 Å². The summed E-state index contributed by atoms with van der Waals surface area (Å²) in [6, 6.07) is 0. The molecule has 9 heavy (non-hydrogen) atoms. The van der Waals surface area contributed by atoms with Crippen LogP contribution < -0.4 is 0 Å². The molecule has 1 rings (SSSR count). The van der Waals surface area contributed by atoms with Crippen molar-refractivity contribution in [3.63, 3.8) is 0 Å². The maximum atomic E-state index is 5.29. The van der Waals surface area contributed by atoms with Crippen LogP contribution in [0.25, 0.3) is 0 Å². The lowest BCUT2D eigenvalue weighted by molar-refractivity contribution is 0.952. The largest absolute Gasteiger partial charge is 0.118 e. The molecular weight excluding hydrogens is 223 g/mol. The van der Waals surface area contributed by atoms with Crippen molar-refractivity contribution in [3.8, 4) is 12.3 Å². The zero-order valence-electron chi connectivity index (χ0n) is 4.97. The normalized spacial score (nSPS) is 32.0. The Hall–Kier alpha value is -0.230. The van der Waals surface area contributed by atoms with E-state index in [0.717, 1.165) is 6.42 Å². The molecule has 1 atom stereocenters. The molecule has 0 aromatic heterocycles. The Morgan fingerprint density at radius 2 is 2.33 bits per heavy atom. The van der Waals surface area contributed by atoms with E-state index < -0.39 is 0 Å². The SMILES string of the molecule is C#CC1(I)C=CC=CC1. The van der Waals surface area contributed by atoms with Gasteiger partial charge in [0.05, 0.1) is 0 Å². The van der Waals surface area contributed by atoms with E-state index in [1.54, 1.807) is 0 Å². The second-order valence-corrected chi connectivity index (χ2v) is 3.92. The topological polar surface area (TPSA) is 0 Å². The molecule has 0 aromatic carbocycles. The minimum absolute atomic E-state index is 0.0491. The summed E-state index contributed by atoms with van der Waals surface area (Å²) in [5.74, 6) is 2.73. The van der Waals surface area contributed by atoms with E-state index in [0.29, 0.717) is 0 Å². The lowest BCUT2D eigenvalue weighted by Crippen LogP contribution is -2.13. The highest BCUT2D eigenvalue weighted by Gasteiger charge is 2.18. The fourth-order valence-electron chi connectivity index (χ4n) is 0.701. The van der Waals surface area contributed by atoms with Gasteiger partial charge >= 0.3 is 0 Å². The number of allylic oxidation sites excluding steroid dienone is 4. The Morgan fingerprint density at radius 3 is 2.67 bits per heavy atom. The molecule has 1 heteroatoms. The van der Waals surface area contributed by atoms with Crippen LogP contribution in [0.2, 0.25) is 0 Å². The number of terminal acetylenes is 1. The molecule has 0 amide bonds. The summed E-state index contributed by atoms with van der Waals surface area (Å²) >= 11 is 2.28. The highest BCUT2D eigenvalue weighted by atomic mass is 127. The second-order valence-electron chi connectivity index (χ2n) is 2.00. The summed E-state index contributed by atoms with van der Waals surface area (Å²) in [6.07, 6.45) is 14.4. The molecule has 0 radical (unpaired) electrons. The monoisotopic (exact) mass is 230 g/mol. The molecule has 0 aliphatic heterocycles. The molecule has 0 saturated heterocycles. The first-order valence-electron chi connectivity index (χ1n) is 2.78. The lowest BCUT2D eigenvalue weighted by Gasteiger charge is -2.15. The smallest absolute Gasteiger partial charge is 0.104 e. The predicted octanol–water partition coefficient (Wildman–Crippen LogP) is 2.31. The van der Waals surface area contributed by atoms with Crippen molar-refractivity contribution in [2.45, 2.75) is 9.84 Å². The van der Waals surface area contributed by atoms with Gasteiger partial charge in [-0.15, -0.1) is 6.42 Å². The summed E-state index contributed by atoms with van der Waals surface area (Å²) in [4.78, 5) is 0. The van der Waals surface area contributed by atoms with Crippen molar-refractivity contribution in [2.24, 2.45) is 0 Å². The summed E-state index contributed by atoms with van der Waals surface area (Å²) in [5.41, 5.74) is 0. The molecule has 1 aliphatic rings. The Balaban J connectivity index is 2.77. The summed E-state index contributed by atoms with van der Waals surface area (Å²) in [5, 5.41) is 0. The number of alkyl halides is 1. The van der Waals surface area contributed by atoms with E-state index in [4.69, 9.17) is 6.42 Å². The molecule has 0 bridgehead atoms. The fraction of sp³-hybridized carbons (Fsp3) is 0.250. The number of rotatable bonds is 0. The maximum absolute atomic E-state index is 5.29. The minimum atomic E-state index is -0.0491. The van der Waals surface area contributed by atoms with Gasteiger partial charge in [0.2, 0.25) is 0 Å².